The zero-order valence-corrected chi connectivity index (χ0v) is 11.9. The molecule has 0 aliphatic carbocycles. The van der Waals surface area contributed by atoms with Gasteiger partial charge in [-0.1, -0.05) is 6.92 Å². The quantitative estimate of drug-likeness (QED) is 0.799. The van der Waals surface area contributed by atoms with Crippen molar-refractivity contribution in [1.29, 1.82) is 0 Å². The van der Waals surface area contributed by atoms with Crippen molar-refractivity contribution in [2.24, 2.45) is 0 Å². The number of aryl methyl sites for hydroxylation is 2. The van der Waals surface area contributed by atoms with Crippen LogP contribution in [0.2, 0.25) is 0 Å². The Kier molecular flexibility index (Phi) is 4.96. The lowest BCUT2D eigenvalue weighted by molar-refractivity contribution is 0.374. The van der Waals surface area contributed by atoms with E-state index in [-0.39, 0.29) is 5.54 Å². The van der Waals surface area contributed by atoms with E-state index in [1.165, 1.54) is 15.3 Å². The Bertz CT molecular complexity index is 309. The zero-order chi connectivity index (χ0) is 12.2. The molecule has 0 spiro atoms. The van der Waals surface area contributed by atoms with Crippen molar-refractivity contribution >= 4 is 11.3 Å². The van der Waals surface area contributed by atoms with E-state index in [9.17, 15) is 0 Å². The SMILES string of the molecule is CCNC(C)(C)CNCc1cc(C)c(C)s1. The third kappa shape index (κ3) is 4.24. The molecule has 92 valence electrons. The van der Waals surface area contributed by atoms with Crippen LogP contribution < -0.4 is 10.6 Å². The fourth-order valence-electron chi connectivity index (χ4n) is 1.78. The molecule has 0 atom stereocenters. The monoisotopic (exact) mass is 240 g/mol. The molecule has 2 nitrogen and oxygen atoms in total. The highest BCUT2D eigenvalue weighted by Gasteiger charge is 2.14. The summed E-state index contributed by atoms with van der Waals surface area (Å²) in [6.07, 6.45) is 0. The summed E-state index contributed by atoms with van der Waals surface area (Å²) in [7, 11) is 0. The summed E-state index contributed by atoms with van der Waals surface area (Å²) < 4.78 is 0. The number of hydrogen-bond acceptors (Lipinski definition) is 3. The van der Waals surface area contributed by atoms with E-state index in [2.05, 4.69) is 51.3 Å². The Balaban J connectivity index is 2.35. The third-order valence-corrected chi connectivity index (χ3v) is 3.89. The summed E-state index contributed by atoms with van der Waals surface area (Å²) >= 11 is 1.90. The molecule has 0 aliphatic rings. The fraction of sp³-hybridized carbons (Fsp3) is 0.692. The summed E-state index contributed by atoms with van der Waals surface area (Å²) in [6.45, 7) is 14.0. The van der Waals surface area contributed by atoms with Gasteiger partial charge < -0.3 is 10.6 Å². The van der Waals surface area contributed by atoms with Gasteiger partial charge in [-0.3, -0.25) is 0 Å². The molecule has 0 aliphatic heterocycles. The number of nitrogens with one attached hydrogen (secondary N) is 2. The fourth-order valence-corrected chi connectivity index (χ4v) is 2.80. The second-order valence-electron chi connectivity index (χ2n) is 4.97. The van der Waals surface area contributed by atoms with E-state index in [0.29, 0.717) is 0 Å². The highest BCUT2D eigenvalue weighted by Crippen LogP contribution is 2.20. The molecular formula is C13H24N2S. The van der Waals surface area contributed by atoms with Crippen molar-refractivity contribution in [3.05, 3.63) is 21.4 Å². The van der Waals surface area contributed by atoms with Gasteiger partial charge in [-0.05, 0) is 45.9 Å². The Morgan fingerprint density at radius 1 is 1.31 bits per heavy atom. The molecule has 0 fully saturated rings. The minimum atomic E-state index is 0.177. The van der Waals surface area contributed by atoms with Crippen LogP contribution in [0, 0.1) is 13.8 Å². The lowest BCUT2D eigenvalue weighted by atomic mass is 10.1. The second-order valence-corrected chi connectivity index (χ2v) is 6.31. The zero-order valence-electron chi connectivity index (χ0n) is 11.1. The van der Waals surface area contributed by atoms with Crippen molar-refractivity contribution < 1.29 is 0 Å². The van der Waals surface area contributed by atoms with E-state index in [1.807, 2.05) is 11.3 Å². The van der Waals surface area contributed by atoms with Crippen LogP contribution in [0.15, 0.2) is 6.07 Å². The maximum atomic E-state index is 3.52. The molecule has 0 radical (unpaired) electrons. The Hall–Kier alpha value is -0.380. The van der Waals surface area contributed by atoms with Crippen molar-refractivity contribution in [3.63, 3.8) is 0 Å². The maximum absolute atomic E-state index is 3.52. The molecular weight excluding hydrogens is 216 g/mol. The van der Waals surface area contributed by atoms with Crippen molar-refractivity contribution in [1.82, 2.24) is 10.6 Å². The van der Waals surface area contributed by atoms with Crippen LogP contribution in [0.4, 0.5) is 0 Å². The molecule has 3 heteroatoms. The van der Waals surface area contributed by atoms with Gasteiger partial charge in [0.15, 0.2) is 0 Å². The smallest absolute Gasteiger partial charge is 0.0300 e. The molecule has 2 N–H and O–H groups in total. The minimum Gasteiger partial charge on any atom is -0.311 e. The lowest BCUT2D eigenvalue weighted by Crippen LogP contribution is -2.47. The Morgan fingerprint density at radius 2 is 2.00 bits per heavy atom. The molecule has 0 saturated heterocycles. The van der Waals surface area contributed by atoms with Crippen LogP contribution in [-0.4, -0.2) is 18.6 Å². The maximum Gasteiger partial charge on any atom is 0.0300 e. The summed E-state index contributed by atoms with van der Waals surface area (Å²) in [4.78, 5) is 2.87. The van der Waals surface area contributed by atoms with Crippen LogP contribution >= 0.6 is 11.3 Å². The van der Waals surface area contributed by atoms with E-state index in [1.54, 1.807) is 0 Å². The first kappa shape index (κ1) is 13.7. The average Bonchev–Trinajstić information content (AvgIpc) is 2.45. The number of likely N-dealkylation sites (N-methyl/N-ethyl adjacent to an activating group) is 1. The third-order valence-electron chi connectivity index (χ3n) is 2.74. The normalized spacial score (nSPS) is 12.1. The highest BCUT2D eigenvalue weighted by molar-refractivity contribution is 7.12. The lowest BCUT2D eigenvalue weighted by Gasteiger charge is -2.25. The molecule has 1 heterocycles. The second kappa shape index (κ2) is 5.80. The van der Waals surface area contributed by atoms with Gasteiger partial charge in [0.1, 0.15) is 0 Å². The summed E-state index contributed by atoms with van der Waals surface area (Å²) in [5.74, 6) is 0. The van der Waals surface area contributed by atoms with Gasteiger partial charge in [0.2, 0.25) is 0 Å². The van der Waals surface area contributed by atoms with Crippen LogP contribution in [0.25, 0.3) is 0 Å². The molecule has 1 aromatic heterocycles. The van der Waals surface area contributed by atoms with Gasteiger partial charge in [0, 0.05) is 28.4 Å². The summed E-state index contributed by atoms with van der Waals surface area (Å²) in [5, 5.41) is 6.98. The number of thiophene rings is 1. The predicted octanol–water partition coefficient (Wildman–Crippen LogP) is 2.84. The average molecular weight is 240 g/mol. The van der Waals surface area contributed by atoms with Crippen molar-refractivity contribution in [3.8, 4) is 0 Å². The van der Waals surface area contributed by atoms with Crippen molar-refractivity contribution in [2.45, 2.75) is 46.7 Å². The largest absolute Gasteiger partial charge is 0.311 e. The summed E-state index contributed by atoms with van der Waals surface area (Å²) in [5.41, 5.74) is 1.59. The van der Waals surface area contributed by atoms with E-state index < -0.39 is 0 Å². The van der Waals surface area contributed by atoms with Gasteiger partial charge in [0.05, 0.1) is 0 Å². The molecule has 0 saturated carbocycles. The molecule has 16 heavy (non-hydrogen) atoms. The van der Waals surface area contributed by atoms with E-state index in [0.717, 1.165) is 19.6 Å². The molecule has 1 aromatic rings. The van der Waals surface area contributed by atoms with Gasteiger partial charge in [0.25, 0.3) is 0 Å². The van der Waals surface area contributed by atoms with Crippen LogP contribution in [-0.2, 0) is 6.54 Å². The van der Waals surface area contributed by atoms with E-state index >= 15 is 0 Å². The van der Waals surface area contributed by atoms with Crippen LogP contribution in [0.3, 0.4) is 0 Å². The Morgan fingerprint density at radius 3 is 2.50 bits per heavy atom. The first-order valence-corrected chi connectivity index (χ1v) is 6.78. The topological polar surface area (TPSA) is 24.1 Å². The van der Waals surface area contributed by atoms with Gasteiger partial charge in [-0.15, -0.1) is 11.3 Å². The molecule has 0 amide bonds. The molecule has 0 bridgehead atoms. The summed E-state index contributed by atoms with van der Waals surface area (Å²) in [6, 6.07) is 2.28. The Labute approximate surface area is 103 Å². The molecule has 1 rings (SSSR count). The van der Waals surface area contributed by atoms with Crippen molar-refractivity contribution in [2.75, 3.05) is 13.1 Å². The van der Waals surface area contributed by atoms with Gasteiger partial charge in [-0.25, -0.2) is 0 Å². The first-order valence-electron chi connectivity index (χ1n) is 5.96. The van der Waals surface area contributed by atoms with Gasteiger partial charge >= 0.3 is 0 Å². The number of hydrogen-bond donors (Lipinski definition) is 2. The number of rotatable bonds is 6. The molecule has 0 aromatic carbocycles. The van der Waals surface area contributed by atoms with Crippen LogP contribution in [0.5, 0.6) is 0 Å². The van der Waals surface area contributed by atoms with Gasteiger partial charge in [-0.2, -0.15) is 0 Å². The van der Waals surface area contributed by atoms with E-state index in [4.69, 9.17) is 0 Å². The standard InChI is InChI=1S/C13H24N2S/c1-6-15-13(4,5)9-14-8-12-7-10(2)11(3)16-12/h7,14-15H,6,8-9H2,1-5H3. The first-order chi connectivity index (χ1) is 7.44. The predicted molar refractivity (Wildman–Crippen MR) is 73.3 cm³/mol. The van der Waals surface area contributed by atoms with Crippen LogP contribution in [0.1, 0.15) is 36.1 Å². The highest BCUT2D eigenvalue weighted by atomic mass is 32.1. The minimum absolute atomic E-state index is 0.177. The molecule has 0 unspecified atom stereocenters.